The van der Waals surface area contributed by atoms with Gasteiger partial charge in [-0.2, -0.15) is 4.98 Å². The van der Waals surface area contributed by atoms with Crippen LogP contribution in [0.15, 0.2) is 6.20 Å². The Morgan fingerprint density at radius 2 is 2.28 bits per heavy atom. The third-order valence-corrected chi connectivity index (χ3v) is 3.05. The molecule has 1 atom stereocenters. The van der Waals surface area contributed by atoms with E-state index in [2.05, 4.69) is 9.97 Å². The summed E-state index contributed by atoms with van der Waals surface area (Å²) in [5.74, 6) is 0.0873. The van der Waals surface area contributed by atoms with E-state index < -0.39 is 11.4 Å². The molecule has 0 aliphatic carbocycles. The van der Waals surface area contributed by atoms with Crippen LogP contribution in [-0.4, -0.2) is 59.6 Å². The summed E-state index contributed by atoms with van der Waals surface area (Å²) >= 11 is 0. The molecule has 1 aliphatic heterocycles. The molecule has 18 heavy (non-hydrogen) atoms. The molecule has 1 aromatic heterocycles. The third-order valence-electron chi connectivity index (χ3n) is 3.05. The minimum absolute atomic E-state index is 0.208. The summed E-state index contributed by atoms with van der Waals surface area (Å²) < 4.78 is 13.5. The molecular formula is C11H17FN4O2. The summed E-state index contributed by atoms with van der Waals surface area (Å²) in [7, 11) is 3.40. The van der Waals surface area contributed by atoms with Crippen LogP contribution in [0.25, 0.3) is 0 Å². The summed E-state index contributed by atoms with van der Waals surface area (Å²) in [5, 5.41) is 19.0. The largest absolute Gasteiger partial charge is 0.393 e. The topological polar surface area (TPSA) is 72.7 Å². The molecule has 1 saturated heterocycles. The SMILES string of the molecule is CN(C)c1nc(N2CC[C@@](O)(CO)C2)ncc1F. The van der Waals surface area contributed by atoms with Gasteiger partial charge in [-0.25, -0.2) is 9.37 Å². The number of nitrogens with zero attached hydrogens (tertiary/aromatic N) is 4. The van der Waals surface area contributed by atoms with Gasteiger partial charge in [-0.05, 0) is 6.42 Å². The number of aliphatic hydroxyl groups is 2. The Bertz CT molecular complexity index is 443. The summed E-state index contributed by atoms with van der Waals surface area (Å²) in [4.78, 5) is 11.4. The molecule has 1 aliphatic rings. The second-order valence-electron chi connectivity index (χ2n) is 4.79. The lowest BCUT2D eigenvalue weighted by Crippen LogP contribution is -2.37. The first-order valence-electron chi connectivity index (χ1n) is 5.73. The number of β-amino-alcohol motifs (C(OH)–C–C–N with tert-alkyl or cyclic N) is 1. The number of anilines is 2. The fourth-order valence-corrected chi connectivity index (χ4v) is 1.97. The van der Waals surface area contributed by atoms with Gasteiger partial charge < -0.3 is 20.0 Å². The van der Waals surface area contributed by atoms with Crippen LogP contribution in [0.4, 0.5) is 16.2 Å². The van der Waals surface area contributed by atoms with E-state index in [1.807, 2.05) is 0 Å². The molecule has 0 amide bonds. The lowest BCUT2D eigenvalue weighted by molar-refractivity contribution is 0.00470. The van der Waals surface area contributed by atoms with Crippen molar-refractivity contribution in [2.24, 2.45) is 0 Å². The van der Waals surface area contributed by atoms with Crippen molar-refractivity contribution in [2.75, 3.05) is 43.6 Å². The fraction of sp³-hybridized carbons (Fsp3) is 0.636. The Labute approximate surface area is 105 Å². The van der Waals surface area contributed by atoms with Crippen LogP contribution in [0, 0.1) is 5.82 Å². The molecule has 0 spiro atoms. The Morgan fingerprint density at radius 3 is 2.83 bits per heavy atom. The van der Waals surface area contributed by atoms with E-state index in [1.54, 1.807) is 23.9 Å². The van der Waals surface area contributed by atoms with Gasteiger partial charge in [0, 0.05) is 20.6 Å². The van der Waals surface area contributed by atoms with Crippen LogP contribution in [0.2, 0.25) is 0 Å². The van der Waals surface area contributed by atoms with Gasteiger partial charge in [0.15, 0.2) is 11.6 Å². The van der Waals surface area contributed by atoms with E-state index in [1.165, 1.54) is 0 Å². The van der Waals surface area contributed by atoms with Crippen molar-refractivity contribution in [3.05, 3.63) is 12.0 Å². The fourth-order valence-electron chi connectivity index (χ4n) is 1.97. The van der Waals surface area contributed by atoms with Crippen molar-refractivity contribution in [1.82, 2.24) is 9.97 Å². The van der Waals surface area contributed by atoms with E-state index in [0.717, 1.165) is 6.20 Å². The lowest BCUT2D eigenvalue weighted by atomic mass is 10.1. The van der Waals surface area contributed by atoms with E-state index >= 15 is 0 Å². The van der Waals surface area contributed by atoms with E-state index in [9.17, 15) is 9.50 Å². The average molecular weight is 256 g/mol. The van der Waals surface area contributed by atoms with Gasteiger partial charge in [0.1, 0.15) is 5.60 Å². The van der Waals surface area contributed by atoms with E-state index in [4.69, 9.17) is 5.11 Å². The Morgan fingerprint density at radius 1 is 1.56 bits per heavy atom. The van der Waals surface area contributed by atoms with Crippen LogP contribution in [0.1, 0.15) is 6.42 Å². The molecule has 0 saturated carbocycles. The number of rotatable bonds is 3. The van der Waals surface area contributed by atoms with Crippen molar-refractivity contribution in [1.29, 1.82) is 0 Å². The first-order valence-corrected chi connectivity index (χ1v) is 5.73. The highest BCUT2D eigenvalue weighted by atomic mass is 19.1. The zero-order valence-electron chi connectivity index (χ0n) is 10.5. The molecule has 2 N–H and O–H groups in total. The normalized spacial score (nSPS) is 23.5. The Kier molecular flexibility index (Phi) is 3.36. The molecule has 0 unspecified atom stereocenters. The molecule has 100 valence electrons. The van der Waals surface area contributed by atoms with Crippen LogP contribution in [0.5, 0.6) is 0 Å². The van der Waals surface area contributed by atoms with E-state index in [0.29, 0.717) is 18.9 Å². The summed E-state index contributed by atoms with van der Waals surface area (Å²) in [6, 6.07) is 0. The zero-order chi connectivity index (χ0) is 13.3. The smallest absolute Gasteiger partial charge is 0.227 e. The van der Waals surface area contributed by atoms with Crippen molar-refractivity contribution in [2.45, 2.75) is 12.0 Å². The Hall–Kier alpha value is -1.47. The maximum absolute atomic E-state index is 13.5. The minimum atomic E-state index is -1.12. The second kappa shape index (κ2) is 4.66. The van der Waals surface area contributed by atoms with Crippen molar-refractivity contribution < 1.29 is 14.6 Å². The van der Waals surface area contributed by atoms with Crippen LogP contribution in [-0.2, 0) is 0 Å². The zero-order valence-corrected chi connectivity index (χ0v) is 10.5. The summed E-state index contributed by atoms with van der Waals surface area (Å²) in [5.41, 5.74) is -1.12. The number of aliphatic hydroxyl groups excluding tert-OH is 1. The summed E-state index contributed by atoms with van der Waals surface area (Å²) in [6.07, 6.45) is 1.57. The molecule has 6 nitrogen and oxygen atoms in total. The number of hydrogen-bond acceptors (Lipinski definition) is 6. The maximum atomic E-state index is 13.5. The van der Waals surface area contributed by atoms with Crippen LogP contribution >= 0.6 is 0 Å². The molecule has 1 aromatic rings. The molecule has 1 fully saturated rings. The van der Waals surface area contributed by atoms with Crippen molar-refractivity contribution in [3.63, 3.8) is 0 Å². The van der Waals surface area contributed by atoms with Gasteiger partial charge in [0.2, 0.25) is 5.95 Å². The molecule has 0 aromatic carbocycles. The van der Waals surface area contributed by atoms with Gasteiger partial charge >= 0.3 is 0 Å². The molecule has 2 rings (SSSR count). The van der Waals surface area contributed by atoms with Gasteiger partial charge in [-0.15, -0.1) is 0 Å². The highest BCUT2D eigenvalue weighted by Crippen LogP contribution is 2.25. The minimum Gasteiger partial charge on any atom is -0.393 e. The molecule has 7 heteroatoms. The van der Waals surface area contributed by atoms with Crippen molar-refractivity contribution >= 4 is 11.8 Å². The predicted octanol–water partition coefficient (Wildman–Crippen LogP) is -0.385. The number of halogens is 1. The van der Waals surface area contributed by atoms with Crippen molar-refractivity contribution in [3.8, 4) is 0 Å². The van der Waals surface area contributed by atoms with Gasteiger partial charge in [-0.1, -0.05) is 0 Å². The number of aromatic nitrogens is 2. The number of hydrogen-bond donors (Lipinski definition) is 2. The average Bonchev–Trinajstić information content (AvgIpc) is 2.73. The highest BCUT2D eigenvalue weighted by molar-refractivity contribution is 5.44. The molecule has 0 bridgehead atoms. The van der Waals surface area contributed by atoms with Gasteiger partial charge in [0.05, 0.1) is 19.3 Å². The second-order valence-corrected chi connectivity index (χ2v) is 4.79. The standard InChI is InChI=1S/C11H17FN4O2/c1-15(2)9-8(12)5-13-10(14-9)16-4-3-11(18,6-16)7-17/h5,17-18H,3-4,6-7H2,1-2H3/t11-/m0/s1. The summed E-state index contributed by atoms with van der Waals surface area (Å²) in [6.45, 7) is 0.489. The van der Waals surface area contributed by atoms with Crippen LogP contribution < -0.4 is 9.80 Å². The Balaban J connectivity index is 2.23. The monoisotopic (exact) mass is 256 g/mol. The van der Waals surface area contributed by atoms with Crippen LogP contribution in [0.3, 0.4) is 0 Å². The molecule has 0 radical (unpaired) electrons. The third kappa shape index (κ3) is 2.37. The quantitative estimate of drug-likeness (QED) is 0.768. The predicted molar refractivity (Wildman–Crippen MR) is 65.2 cm³/mol. The van der Waals surface area contributed by atoms with Gasteiger partial charge in [-0.3, -0.25) is 0 Å². The lowest BCUT2D eigenvalue weighted by Gasteiger charge is -2.21. The maximum Gasteiger partial charge on any atom is 0.227 e. The van der Waals surface area contributed by atoms with E-state index in [-0.39, 0.29) is 19.0 Å². The molecular weight excluding hydrogens is 239 g/mol. The first kappa shape index (κ1) is 13.0. The molecule has 2 heterocycles. The van der Waals surface area contributed by atoms with Gasteiger partial charge in [0.25, 0.3) is 0 Å². The highest BCUT2D eigenvalue weighted by Gasteiger charge is 2.36. The first-order chi connectivity index (χ1) is 8.45.